The van der Waals surface area contributed by atoms with Gasteiger partial charge < -0.3 is 14.5 Å². The molecule has 0 saturated heterocycles. The van der Waals surface area contributed by atoms with Crippen molar-refractivity contribution in [2.24, 2.45) is 0 Å². The highest BCUT2D eigenvalue weighted by Crippen LogP contribution is 2.22. The Morgan fingerprint density at radius 2 is 2.20 bits per heavy atom. The Kier molecular flexibility index (Phi) is 3.18. The quantitative estimate of drug-likeness (QED) is 0.862. The van der Waals surface area contributed by atoms with Crippen LogP contribution in [-0.2, 0) is 4.79 Å². The molecule has 2 aromatic rings. The molecule has 3 rings (SSSR count). The molecule has 104 valence electrons. The van der Waals surface area contributed by atoms with Crippen molar-refractivity contribution in [3.63, 3.8) is 0 Å². The molecule has 0 bridgehead atoms. The van der Waals surface area contributed by atoms with E-state index in [0.717, 1.165) is 23.8 Å². The van der Waals surface area contributed by atoms with E-state index in [0.29, 0.717) is 17.4 Å². The van der Waals surface area contributed by atoms with Gasteiger partial charge in [0, 0.05) is 23.6 Å². The molecule has 1 N–H and O–H groups in total. The summed E-state index contributed by atoms with van der Waals surface area (Å²) in [5, 5.41) is 3.70. The Balaban J connectivity index is 1.74. The summed E-state index contributed by atoms with van der Waals surface area (Å²) in [5.41, 5.74) is 0.933. The minimum Gasteiger partial charge on any atom is -0.484 e. The predicted molar refractivity (Wildman–Crippen MR) is 73.9 cm³/mol. The van der Waals surface area contributed by atoms with Gasteiger partial charge in [-0.1, -0.05) is 0 Å². The van der Waals surface area contributed by atoms with E-state index in [2.05, 4.69) is 5.32 Å². The van der Waals surface area contributed by atoms with Gasteiger partial charge in [0.2, 0.25) is 0 Å². The highest BCUT2D eigenvalue weighted by molar-refractivity contribution is 5.81. The first-order chi connectivity index (χ1) is 9.61. The zero-order chi connectivity index (χ0) is 14.1. The average Bonchev–Trinajstić information content (AvgIpc) is 3.19. The van der Waals surface area contributed by atoms with Crippen LogP contribution in [0.25, 0.3) is 11.0 Å². The molecule has 1 saturated carbocycles. The standard InChI is InChI=1S/C15H15NO4/c1-9-6-15(18)20-13-7-11(4-5-12(9)13)19-8-14(17)16-10-2-3-10/h4-7,10H,2-3,8H2,1H3,(H,16,17). The Bertz CT molecular complexity index is 715. The van der Waals surface area contributed by atoms with Crippen LogP contribution in [0, 0.1) is 6.92 Å². The number of aryl methyl sites for hydroxylation is 1. The first kappa shape index (κ1) is 12.7. The molecule has 0 aliphatic heterocycles. The number of carbonyl (C=O) groups is 1. The molecule has 1 aromatic heterocycles. The van der Waals surface area contributed by atoms with Crippen LogP contribution in [0.15, 0.2) is 33.5 Å². The van der Waals surface area contributed by atoms with Gasteiger partial charge in [0.25, 0.3) is 5.91 Å². The number of ether oxygens (including phenoxy) is 1. The van der Waals surface area contributed by atoms with Crippen LogP contribution in [0.3, 0.4) is 0 Å². The van der Waals surface area contributed by atoms with Crippen molar-refractivity contribution in [2.75, 3.05) is 6.61 Å². The minimum absolute atomic E-state index is 0.0297. The largest absolute Gasteiger partial charge is 0.484 e. The van der Waals surface area contributed by atoms with E-state index in [4.69, 9.17) is 9.15 Å². The first-order valence-electron chi connectivity index (χ1n) is 6.58. The average molecular weight is 273 g/mol. The zero-order valence-corrected chi connectivity index (χ0v) is 11.1. The third-order valence-electron chi connectivity index (χ3n) is 3.24. The first-order valence-corrected chi connectivity index (χ1v) is 6.58. The topological polar surface area (TPSA) is 68.5 Å². The lowest BCUT2D eigenvalue weighted by atomic mass is 10.1. The molecule has 5 heteroatoms. The van der Waals surface area contributed by atoms with E-state index in [1.165, 1.54) is 6.07 Å². The maximum absolute atomic E-state index is 11.5. The van der Waals surface area contributed by atoms with Gasteiger partial charge in [-0.15, -0.1) is 0 Å². The molecular weight excluding hydrogens is 258 g/mol. The molecule has 1 aliphatic carbocycles. The predicted octanol–water partition coefficient (Wildman–Crippen LogP) is 1.76. The number of nitrogens with one attached hydrogen (secondary N) is 1. The van der Waals surface area contributed by atoms with Crippen LogP contribution in [-0.4, -0.2) is 18.6 Å². The minimum atomic E-state index is -0.390. The van der Waals surface area contributed by atoms with Crippen molar-refractivity contribution in [3.05, 3.63) is 40.2 Å². The summed E-state index contributed by atoms with van der Waals surface area (Å²) in [6.07, 6.45) is 2.10. The van der Waals surface area contributed by atoms with Crippen molar-refractivity contribution >= 4 is 16.9 Å². The van der Waals surface area contributed by atoms with Crippen LogP contribution in [0.4, 0.5) is 0 Å². The highest BCUT2D eigenvalue weighted by atomic mass is 16.5. The fraction of sp³-hybridized carbons (Fsp3) is 0.333. The van der Waals surface area contributed by atoms with Gasteiger partial charge in [0.05, 0.1) is 0 Å². The Labute approximate surface area is 115 Å². The molecular formula is C15H15NO4. The molecule has 1 amide bonds. The van der Waals surface area contributed by atoms with Crippen LogP contribution >= 0.6 is 0 Å². The molecule has 1 aromatic carbocycles. The molecule has 5 nitrogen and oxygen atoms in total. The fourth-order valence-corrected chi connectivity index (χ4v) is 2.04. The van der Waals surface area contributed by atoms with E-state index in [9.17, 15) is 9.59 Å². The summed E-state index contributed by atoms with van der Waals surface area (Å²) in [5.74, 6) is 0.385. The maximum Gasteiger partial charge on any atom is 0.336 e. The molecule has 0 radical (unpaired) electrons. The lowest BCUT2D eigenvalue weighted by Gasteiger charge is -2.07. The number of hydrogen-bond acceptors (Lipinski definition) is 4. The van der Waals surface area contributed by atoms with Crippen molar-refractivity contribution in [1.82, 2.24) is 5.32 Å². The van der Waals surface area contributed by atoms with Crippen molar-refractivity contribution in [2.45, 2.75) is 25.8 Å². The molecule has 1 fully saturated rings. The number of rotatable bonds is 4. The SMILES string of the molecule is Cc1cc(=O)oc2cc(OCC(=O)NC3CC3)ccc12. The van der Waals surface area contributed by atoms with Crippen LogP contribution in [0.5, 0.6) is 5.75 Å². The summed E-state index contributed by atoms with van der Waals surface area (Å²) < 4.78 is 10.5. The van der Waals surface area contributed by atoms with Gasteiger partial charge >= 0.3 is 5.63 Å². The molecule has 1 aliphatic rings. The summed E-state index contributed by atoms with van der Waals surface area (Å²) in [4.78, 5) is 22.9. The lowest BCUT2D eigenvalue weighted by molar-refractivity contribution is -0.123. The number of benzene rings is 1. The van der Waals surface area contributed by atoms with E-state index >= 15 is 0 Å². The molecule has 1 heterocycles. The van der Waals surface area contributed by atoms with Gasteiger partial charge in [-0.25, -0.2) is 4.79 Å². The fourth-order valence-electron chi connectivity index (χ4n) is 2.04. The van der Waals surface area contributed by atoms with E-state index < -0.39 is 5.63 Å². The highest BCUT2D eigenvalue weighted by Gasteiger charge is 2.23. The third-order valence-corrected chi connectivity index (χ3v) is 3.24. The monoisotopic (exact) mass is 273 g/mol. The van der Waals surface area contributed by atoms with Gasteiger partial charge in [0.1, 0.15) is 11.3 Å². The maximum atomic E-state index is 11.5. The zero-order valence-electron chi connectivity index (χ0n) is 11.1. The Hall–Kier alpha value is -2.30. The second kappa shape index (κ2) is 5.00. The van der Waals surface area contributed by atoms with Crippen LogP contribution in [0.1, 0.15) is 18.4 Å². The van der Waals surface area contributed by atoms with Crippen LogP contribution < -0.4 is 15.7 Å². The summed E-state index contributed by atoms with van der Waals surface area (Å²) >= 11 is 0. The van der Waals surface area contributed by atoms with Gasteiger partial charge in [-0.05, 0) is 37.5 Å². The molecule has 0 atom stereocenters. The van der Waals surface area contributed by atoms with Gasteiger partial charge in [-0.2, -0.15) is 0 Å². The number of amides is 1. The van der Waals surface area contributed by atoms with E-state index in [1.807, 2.05) is 13.0 Å². The van der Waals surface area contributed by atoms with Crippen molar-refractivity contribution < 1.29 is 13.9 Å². The van der Waals surface area contributed by atoms with E-state index in [-0.39, 0.29) is 12.5 Å². The smallest absolute Gasteiger partial charge is 0.336 e. The Morgan fingerprint density at radius 1 is 1.40 bits per heavy atom. The Morgan fingerprint density at radius 3 is 2.95 bits per heavy atom. The molecule has 20 heavy (non-hydrogen) atoms. The second-order valence-electron chi connectivity index (χ2n) is 5.04. The second-order valence-corrected chi connectivity index (χ2v) is 5.04. The van der Waals surface area contributed by atoms with Gasteiger partial charge in [0.15, 0.2) is 6.61 Å². The molecule has 0 spiro atoms. The summed E-state index contributed by atoms with van der Waals surface area (Å²) in [6, 6.07) is 6.99. The number of fused-ring (bicyclic) bond motifs is 1. The van der Waals surface area contributed by atoms with E-state index in [1.54, 1.807) is 12.1 Å². The van der Waals surface area contributed by atoms with Crippen LogP contribution in [0.2, 0.25) is 0 Å². The number of hydrogen-bond donors (Lipinski definition) is 1. The molecule has 0 unspecified atom stereocenters. The third kappa shape index (κ3) is 2.82. The lowest BCUT2D eigenvalue weighted by Crippen LogP contribution is -2.30. The summed E-state index contributed by atoms with van der Waals surface area (Å²) in [7, 11) is 0. The van der Waals surface area contributed by atoms with Crippen molar-refractivity contribution in [1.29, 1.82) is 0 Å². The number of carbonyl (C=O) groups excluding carboxylic acids is 1. The van der Waals surface area contributed by atoms with Crippen molar-refractivity contribution in [3.8, 4) is 5.75 Å². The normalized spacial score (nSPS) is 14.2. The summed E-state index contributed by atoms with van der Waals surface area (Å²) in [6.45, 7) is 1.82. The van der Waals surface area contributed by atoms with Gasteiger partial charge in [-0.3, -0.25) is 4.79 Å².